The number of rotatable bonds is 6. The summed E-state index contributed by atoms with van der Waals surface area (Å²) in [5, 5.41) is 3.79. The average molecular weight is 241 g/mol. The van der Waals surface area contributed by atoms with Gasteiger partial charge in [0.1, 0.15) is 5.82 Å². The van der Waals surface area contributed by atoms with Gasteiger partial charge in [-0.05, 0) is 32.0 Å². The molecule has 16 heavy (non-hydrogen) atoms. The van der Waals surface area contributed by atoms with Crippen molar-refractivity contribution < 1.29 is 4.39 Å². The van der Waals surface area contributed by atoms with Crippen molar-refractivity contribution in [1.29, 1.82) is 0 Å². The molecule has 1 rings (SSSR count). The molecule has 0 aliphatic carbocycles. The molecule has 0 radical (unpaired) electrons. The summed E-state index contributed by atoms with van der Waals surface area (Å²) in [5.74, 6) is -0.115. The third kappa shape index (κ3) is 4.54. The summed E-state index contributed by atoms with van der Waals surface area (Å²) in [5.41, 5.74) is 0. The van der Waals surface area contributed by atoms with Gasteiger partial charge in [-0.25, -0.2) is 4.39 Å². The summed E-state index contributed by atoms with van der Waals surface area (Å²) in [4.78, 5) is 0.749. The molecule has 0 spiro atoms. The Hall–Kier alpha value is -0.540. The van der Waals surface area contributed by atoms with Crippen LogP contribution in [-0.4, -0.2) is 17.8 Å². The summed E-state index contributed by atoms with van der Waals surface area (Å²) >= 11 is 1.61. The molecule has 0 saturated carbocycles. The Morgan fingerprint density at radius 3 is 2.62 bits per heavy atom. The van der Waals surface area contributed by atoms with Crippen molar-refractivity contribution in [3.63, 3.8) is 0 Å². The fourth-order valence-corrected chi connectivity index (χ4v) is 2.89. The number of halogens is 1. The molecule has 2 unspecified atom stereocenters. The summed E-state index contributed by atoms with van der Waals surface area (Å²) in [6, 6.07) is 7.45. The quantitative estimate of drug-likeness (QED) is 0.762. The van der Waals surface area contributed by atoms with Crippen LogP contribution in [-0.2, 0) is 0 Å². The Kier molecular flexibility index (Phi) is 5.85. The molecule has 0 aliphatic rings. The summed E-state index contributed by atoms with van der Waals surface area (Å²) in [7, 11) is 0. The van der Waals surface area contributed by atoms with Gasteiger partial charge in [0.25, 0.3) is 0 Å². The van der Waals surface area contributed by atoms with Crippen molar-refractivity contribution in [2.45, 2.75) is 43.4 Å². The minimum Gasteiger partial charge on any atom is -0.314 e. The van der Waals surface area contributed by atoms with E-state index in [2.05, 4.69) is 26.1 Å². The van der Waals surface area contributed by atoms with Gasteiger partial charge in [0.15, 0.2) is 0 Å². The Morgan fingerprint density at radius 2 is 2.00 bits per heavy atom. The molecule has 0 heterocycles. The SMILES string of the molecule is CCNC(C)CC(C)Sc1ccccc1F. The van der Waals surface area contributed by atoms with E-state index in [0.717, 1.165) is 17.9 Å². The second-order valence-electron chi connectivity index (χ2n) is 4.05. The highest BCUT2D eigenvalue weighted by molar-refractivity contribution is 8.00. The van der Waals surface area contributed by atoms with Gasteiger partial charge in [0.2, 0.25) is 0 Å². The van der Waals surface area contributed by atoms with Crippen molar-refractivity contribution >= 4 is 11.8 Å². The minimum absolute atomic E-state index is 0.115. The number of nitrogens with one attached hydrogen (secondary N) is 1. The van der Waals surface area contributed by atoms with E-state index in [9.17, 15) is 4.39 Å². The lowest BCUT2D eigenvalue weighted by Gasteiger charge is -2.17. The molecule has 1 N–H and O–H groups in total. The number of hydrogen-bond donors (Lipinski definition) is 1. The maximum atomic E-state index is 13.4. The van der Waals surface area contributed by atoms with Gasteiger partial charge in [-0.3, -0.25) is 0 Å². The van der Waals surface area contributed by atoms with Gasteiger partial charge in [-0.1, -0.05) is 26.0 Å². The molecular weight excluding hydrogens is 221 g/mol. The Morgan fingerprint density at radius 1 is 1.31 bits per heavy atom. The van der Waals surface area contributed by atoms with Gasteiger partial charge in [0.05, 0.1) is 0 Å². The molecular formula is C13H20FNS. The van der Waals surface area contributed by atoms with Gasteiger partial charge in [-0.2, -0.15) is 0 Å². The summed E-state index contributed by atoms with van der Waals surface area (Å²) in [6.07, 6.45) is 1.05. The van der Waals surface area contributed by atoms with E-state index in [-0.39, 0.29) is 5.82 Å². The Bertz CT molecular complexity index is 317. The highest BCUT2D eigenvalue weighted by atomic mass is 32.2. The van der Waals surface area contributed by atoms with E-state index < -0.39 is 0 Å². The molecule has 0 amide bonds. The number of hydrogen-bond acceptors (Lipinski definition) is 2. The second kappa shape index (κ2) is 6.92. The molecule has 0 aromatic heterocycles. The topological polar surface area (TPSA) is 12.0 Å². The maximum absolute atomic E-state index is 13.4. The predicted octanol–water partition coefficient (Wildman–Crippen LogP) is 3.69. The molecule has 0 aliphatic heterocycles. The summed E-state index contributed by atoms with van der Waals surface area (Å²) < 4.78 is 13.4. The normalized spacial score (nSPS) is 14.8. The van der Waals surface area contributed by atoms with Crippen LogP contribution in [0.1, 0.15) is 27.2 Å². The molecule has 0 fully saturated rings. The van der Waals surface area contributed by atoms with E-state index in [1.165, 1.54) is 6.07 Å². The predicted molar refractivity (Wildman–Crippen MR) is 69.5 cm³/mol. The van der Waals surface area contributed by atoms with Gasteiger partial charge in [0, 0.05) is 16.2 Å². The molecule has 3 heteroatoms. The lowest BCUT2D eigenvalue weighted by atomic mass is 10.2. The molecule has 0 bridgehead atoms. The van der Waals surface area contributed by atoms with Crippen LogP contribution in [0.25, 0.3) is 0 Å². The van der Waals surface area contributed by atoms with Crippen molar-refractivity contribution in [3.8, 4) is 0 Å². The third-order valence-electron chi connectivity index (χ3n) is 2.40. The molecule has 1 aromatic rings. The van der Waals surface area contributed by atoms with Crippen molar-refractivity contribution in [2.75, 3.05) is 6.54 Å². The lowest BCUT2D eigenvalue weighted by Crippen LogP contribution is -2.28. The second-order valence-corrected chi connectivity index (χ2v) is 5.53. The number of benzene rings is 1. The molecule has 1 nitrogen and oxygen atoms in total. The highest BCUT2D eigenvalue weighted by Crippen LogP contribution is 2.27. The smallest absolute Gasteiger partial charge is 0.136 e. The first kappa shape index (κ1) is 13.5. The van der Waals surface area contributed by atoms with E-state index in [1.54, 1.807) is 17.8 Å². The largest absolute Gasteiger partial charge is 0.314 e. The molecule has 1 aromatic carbocycles. The zero-order valence-corrected chi connectivity index (χ0v) is 11.0. The first-order valence-electron chi connectivity index (χ1n) is 5.78. The first-order valence-corrected chi connectivity index (χ1v) is 6.66. The molecule has 2 atom stereocenters. The molecule has 0 saturated heterocycles. The van der Waals surface area contributed by atoms with E-state index >= 15 is 0 Å². The van der Waals surface area contributed by atoms with Gasteiger partial charge in [-0.15, -0.1) is 11.8 Å². The highest BCUT2D eigenvalue weighted by Gasteiger charge is 2.11. The van der Waals surface area contributed by atoms with Crippen LogP contribution in [0, 0.1) is 5.82 Å². The molecule has 90 valence electrons. The van der Waals surface area contributed by atoms with Crippen LogP contribution in [0.15, 0.2) is 29.2 Å². The monoisotopic (exact) mass is 241 g/mol. The zero-order chi connectivity index (χ0) is 12.0. The Labute approximate surface area is 102 Å². The van der Waals surface area contributed by atoms with E-state index in [0.29, 0.717) is 11.3 Å². The van der Waals surface area contributed by atoms with Crippen LogP contribution in [0.3, 0.4) is 0 Å². The van der Waals surface area contributed by atoms with Crippen LogP contribution in [0.2, 0.25) is 0 Å². The third-order valence-corrected chi connectivity index (χ3v) is 3.58. The maximum Gasteiger partial charge on any atom is 0.136 e. The minimum atomic E-state index is -0.115. The Balaban J connectivity index is 2.45. The standard InChI is InChI=1S/C13H20FNS/c1-4-15-10(2)9-11(3)16-13-8-6-5-7-12(13)14/h5-8,10-11,15H,4,9H2,1-3H3. The fraction of sp³-hybridized carbons (Fsp3) is 0.538. The van der Waals surface area contributed by atoms with Gasteiger partial charge < -0.3 is 5.32 Å². The van der Waals surface area contributed by atoms with Crippen LogP contribution in [0.4, 0.5) is 4.39 Å². The lowest BCUT2D eigenvalue weighted by molar-refractivity contribution is 0.529. The van der Waals surface area contributed by atoms with Crippen LogP contribution >= 0.6 is 11.8 Å². The zero-order valence-electron chi connectivity index (χ0n) is 10.2. The van der Waals surface area contributed by atoms with Crippen LogP contribution < -0.4 is 5.32 Å². The van der Waals surface area contributed by atoms with Crippen LogP contribution in [0.5, 0.6) is 0 Å². The fourth-order valence-electron chi connectivity index (χ4n) is 1.73. The van der Waals surface area contributed by atoms with Crippen molar-refractivity contribution in [1.82, 2.24) is 5.32 Å². The van der Waals surface area contributed by atoms with E-state index in [4.69, 9.17) is 0 Å². The van der Waals surface area contributed by atoms with Crippen molar-refractivity contribution in [3.05, 3.63) is 30.1 Å². The number of thioether (sulfide) groups is 1. The van der Waals surface area contributed by atoms with Gasteiger partial charge >= 0.3 is 0 Å². The van der Waals surface area contributed by atoms with E-state index in [1.807, 2.05) is 12.1 Å². The summed E-state index contributed by atoms with van der Waals surface area (Å²) in [6.45, 7) is 7.40. The average Bonchev–Trinajstić information content (AvgIpc) is 2.21. The first-order chi connectivity index (χ1) is 7.63. The van der Waals surface area contributed by atoms with Crippen molar-refractivity contribution in [2.24, 2.45) is 0 Å².